The van der Waals surface area contributed by atoms with Gasteiger partial charge in [-0.2, -0.15) is 0 Å². The van der Waals surface area contributed by atoms with Crippen molar-refractivity contribution in [3.8, 4) is 0 Å². The van der Waals surface area contributed by atoms with Gasteiger partial charge in [-0.05, 0) is 29.9 Å². The molecule has 2 fully saturated rings. The lowest BCUT2D eigenvalue weighted by Gasteiger charge is -2.36. The molecule has 0 aliphatic heterocycles. The van der Waals surface area contributed by atoms with Gasteiger partial charge in [0.2, 0.25) is 0 Å². The number of benzene rings is 1. The molecule has 1 aromatic rings. The van der Waals surface area contributed by atoms with Crippen molar-refractivity contribution in [2.45, 2.75) is 43.0 Å². The maximum atomic E-state index is 10.2. The molecular formula is C17H22Br2O3. The number of carboxylic acids is 1. The molecule has 0 saturated heterocycles. The number of hydrogen-bond acceptors (Lipinski definition) is 2. The molecule has 0 spiro atoms. The molecule has 0 amide bonds. The minimum Gasteiger partial charge on any atom is -0.478 e. The van der Waals surface area contributed by atoms with Gasteiger partial charge in [-0.1, -0.05) is 70.8 Å². The van der Waals surface area contributed by atoms with E-state index in [1.54, 1.807) is 30.3 Å². The minimum absolute atomic E-state index is 0.0694. The summed E-state index contributed by atoms with van der Waals surface area (Å²) in [5.41, 5.74) is 0.631. The SMILES string of the molecule is CC1(C)[C@@H]2C(Br)C[C@]1(C)[C@@H](O)C2Br.O=C(O)c1ccccc1. The molecule has 22 heavy (non-hydrogen) atoms. The first-order chi connectivity index (χ1) is 10.1. The minimum atomic E-state index is -0.879. The zero-order valence-electron chi connectivity index (χ0n) is 13.0. The number of aliphatic hydroxyl groups excluding tert-OH is 1. The smallest absolute Gasteiger partial charge is 0.335 e. The van der Waals surface area contributed by atoms with E-state index < -0.39 is 5.97 Å². The molecule has 2 saturated carbocycles. The van der Waals surface area contributed by atoms with Crippen LogP contribution in [0.3, 0.4) is 0 Å². The van der Waals surface area contributed by atoms with Gasteiger partial charge in [-0.25, -0.2) is 4.79 Å². The number of carbonyl (C=O) groups is 1. The van der Waals surface area contributed by atoms with Gasteiger partial charge in [0, 0.05) is 15.1 Å². The van der Waals surface area contributed by atoms with E-state index >= 15 is 0 Å². The second-order valence-corrected chi connectivity index (χ2v) is 9.18. The van der Waals surface area contributed by atoms with Crippen LogP contribution in [-0.2, 0) is 0 Å². The monoisotopic (exact) mass is 432 g/mol. The predicted octanol–water partition coefficient (Wildman–Crippen LogP) is 4.33. The van der Waals surface area contributed by atoms with Gasteiger partial charge < -0.3 is 10.2 Å². The van der Waals surface area contributed by atoms with Gasteiger partial charge in [0.05, 0.1) is 11.7 Å². The summed E-state index contributed by atoms with van der Waals surface area (Å²) in [5.74, 6) is -0.330. The average Bonchev–Trinajstić information content (AvgIpc) is 2.71. The molecule has 5 atom stereocenters. The molecule has 3 rings (SSSR count). The highest BCUT2D eigenvalue weighted by atomic mass is 79.9. The Hall–Kier alpha value is -0.390. The van der Waals surface area contributed by atoms with Crippen LogP contribution in [-0.4, -0.2) is 31.9 Å². The van der Waals surface area contributed by atoms with Gasteiger partial charge in [0.1, 0.15) is 0 Å². The Balaban J connectivity index is 0.000000172. The van der Waals surface area contributed by atoms with Crippen LogP contribution in [0.2, 0.25) is 0 Å². The molecule has 0 aromatic heterocycles. The van der Waals surface area contributed by atoms with E-state index in [9.17, 15) is 9.90 Å². The summed E-state index contributed by atoms with van der Waals surface area (Å²) in [7, 11) is 0. The summed E-state index contributed by atoms with van der Waals surface area (Å²) in [6.45, 7) is 6.78. The van der Waals surface area contributed by atoms with Crippen LogP contribution in [0.4, 0.5) is 0 Å². The van der Waals surface area contributed by atoms with Crippen molar-refractivity contribution in [2.24, 2.45) is 16.7 Å². The Morgan fingerprint density at radius 1 is 1.18 bits per heavy atom. The van der Waals surface area contributed by atoms with Gasteiger partial charge in [0.15, 0.2) is 0 Å². The molecule has 122 valence electrons. The van der Waals surface area contributed by atoms with Crippen LogP contribution in [0, 0.1) is 16.7 Å². The summed E-state index contributed by atoms with van der Waals surface area (Å²) in [4.78, 5) is 11.0. The third kappa shape index (κ3) is 2.76. The molecule has 2 bridgehead atoms. The predicted molar refractivity (Wildman–Crippen MR) is 94.8 cm³/mol. The molecule has 2 N–H and O–H groups in total. The second kappa shape index (κ2) is 6.25. The number of aromatic carboxylic acids is 1. The second-order valence-electron chi connectivity index (χ2n) is 6.95. The molecule has 1 aromatic carbocycles. The molecule has 0 radical (unpaired) electrons. The summed E-state index contributed by atoms with van der Waals surface area (Å²) in [6, 6.07) is 8.30. The largest absolute Gasteiger partial charge is 0.478 e. The molecular weight excluding hydrogens is 412 g/mol. The Kier molecular flexibility index (Phi) is 5.10. The average molecular weight is 434 g/mol. The van der Waals surface area contributed by atoms with Gasteiger partial charge >= 0.3 is 5.97 Å². The van der Waals surface area contributed by atoms with E-state index in [-0.39, 0.29) is 21.8 Å². The van der Waals surface area contributed by atoms with Crippen LogP contribution in [0.1, 0.15) is 37.6 Å². The Morgan fingerprint density at radius 2 is 1.73 bits per heavy atom. The maximum Gasteiger partial charge on any atom is 0.335 e. The van der Waals surface area contributed by atoms with E-state index in [2.05, 4.69) is 52.6 Å². The van der Waals surface area contributed by atoms with Crippen molar-refractivity contribution in [3.05, 3.63) is 35.9 Å². The Morgan fingerprint density at radius 3 is 2.05 bits per heavy atom. The van der Waals surface area contributed by atoms with Crippen molar-refractivity contribution in [3.63, 3.8) is 0 Å². The lowest BCUT2D eigenvalue weighted by molar-refractivity contribution is 0.0160. The van der Waals surface area contributed by atoms with E-state index in [1.807, 2.05) is 0 Å². The van der Waals surface area contributed by atoms with E-state index in [1.165, 1.54) is 0 Å². The van der Waals surface area contributed by atoms with Crippen molar-refractivity contribution >= 4 is 37.8 Å². The third-order valence-corrected chi connectivity index (χ3v) is 7.60. The maximum absolute atomic E-state index is 10.2. The summed E-state index contributed by atoms with van der Waals surface area (Å²) in [6.07, 6.45) is 0.898. The summed E-state index contributed by atoms with van der Waals surface area (Å²) < 4.78 is 0. The quantitative estimate of drug-likeness (QED) is 0.648. The van der Waals surface area contributed by atoms with Crippen LogP contribution in [0.25, 0.3) is 0 Å². The number of aliphatic hydroxyl groups is 1. The zero-order chi connectivity index (χ0) is 16.7. The Labute approximate surface area is 148 Å². The lowest BCUT2D eigenvalue weighted by Crippen LogP contribution is -2.39. The van der Waals surface area contributed by atoms with Gasteiger partial charge in [0.25, 0.3) is 0 Å². The molecule has 2 unspecified atom stereocenters. The number of hydrogen-bond donors (Lipinski definition) is 2. The fourth-order valence-corrected chi connectivity index (χ4v) is 7.54. The molecule has 3 nitrogen and oxygen atoms in total. The van der Waals surface area contributed by atoms with E-state index in [0.29, 0.717) is 16.3 Å². The first-order valence-corrected chi connectivity index (χ1v) is 9.20. The Bertz CT molecular complexity index is 546. The highest BCUT2D eigenvalue weighted by Crippen LogP contribution is 2.68. The van der Waals surface area contributed by atoms with Gasteiger partial charge in [-0.15, -0.1) is 0 Å². The molecule has 5 heteroatoms. The molecule has 2 aliphatic rings. The molecule has 2 aliphatic carbocycles. The molecule has 0 heterocycles. The highest BCUT2D eigenvalue weighted by molar-refractivity contribution is 9.10. The number of alkyl halides is 2. The first-order valence-electron chi connectivity index (χ1n) is 7.37. The summed E-state index contributed by atoms with van der Waals surface area (Å²) >= 11 is 7.36. The lowest BCUT2D eigenvalue weighted by atomic mass is 9.70. The number of rotatable bonds is 1. The van der Waals surface area contributed by atoms with Crippen LogP contribution in [0.15, 0.2) is 30.3 Å². The van der Waals surface area contributed by atoms with Crippen molar-refractivity contribution in [1.29, 1.82) is 0 Å². The van der Waals surface area contributed by atoms with Crippen molar-refractivity contribution in [1.82, 2.24) is 0 Å². The van der Waals surface area contributed by atoms with Crippen LogP contribution >= 0.6 is 31.9 Å². The van der Waals surface area contributed by atoms with Crippen molar-refractivity contribution in [2.75, 3.05) is 0 Å². The van der Waals surface area contributed by atoms with Crippen LogP contribution < -0.4 is 0 Å². The third-order valence-electron chi connectivity index (χ3n) is 5.63. The van der Waals surface area contributed by atoms with Crippen LogP contribution in [0.5, 0.6) is 0 Å². The summed E-state index contributed by atoms with van der Waals surface area (Å²) in [5, 5.41) is 18.5. The number of carboxylic acid groups (broad SMARTS) is 1. The fourth-order valence-electron chi connectivity index (χ4n) is 3.86. The van der Waals surface area contributed by atoms with E-state index in [0.717, 1.165) is 6.42 Å². The van der Waals surface area contributed by atoms with Gasteiger partial charge in [-0.3, -0.25) is 0 Å². The fraction of sp³-hybridized carbons (Fsp3) is 0.588. The standard InChI is InChI=1S/C10H16Br2O.C7H6O2/c1-9(2)6-5(11)4-10(9,3)8(13)7(6)12;8-7(9)6-4-2-1-3-5-6/h5-8,13H,4H2,1-3H3;1-5H,(H,8,9)/t5?,6-,7?,8+,10-;/m1./s1. The van der Waals surface area contributed by atoms with Crippen molar-refractivity contribution < 1.29 is 15.0 Å². The zero-order valence-corrected chi connectivity index (χ0v) is 16.1. The normalized spacial score (nSPS) is 38.3. The first kappa shape index (κ1) is 18.0. The topological polar surface area (TPSA) is 57.5 Å². The van der Waals surface area contributed by atoms with E-state index in [4.69, 9.17) is 5.11 Å². The highest BCUT2D eigenvalue weighted by Gasteiger charge is 2.68. The number of fused-ring (bicyclic) bond motifs is 2. The number of halogens is 2.